The van der Waals surface area contributed by atoms with Gasteiger partial charge in [0.2, 0.25) is 5.91 Å². The lowest BCUT2D eigenvalue weighted by Crippen LogP contribution is -2.33. The molecule has 0 aliphatic heterocycles. The molecule has 2 aromatic rings. The molecular weight excluding hydrogens is 240 g/mol. The van der Waals surface area contributed by atoms with E-state index in [1.807, 2.05) is 37.3 Å². The number of nitrogens with zero attached hydrogens (tertiary/aromatic N) is 1. The van der Waals surface area contributed by atoms with Crippen molar-refractivity contribution >= 4 is 5.91 Å². The summed E-state index contributed by atoms with van der Waals surface area (Å²) in [5.41, 5.74) is 0.862. The van der Waals surface area contributed by atoms with Crippen molar-refractivity contribution in [1.29, 1.82) is 0 Å². The van der Waals surface area contributed by atoms with E-state index < -0.39 is 0 Å². The van der Waals surface area contributed by atoms with Gasteiger partial charge in [-0.2, -0.15) is 0 Å². The van der Waals surface area contributed by atoms with Crippen LogP contribution in [0.25, 0.3) is 0 Å². The normalized spacial score (nSPS) is 11.8. The maximum Gasteiger partial charge on any atom is 0.250 e. The number of hydrogen-bond donors (Lipinski definition) is 1. The summed E-state index contributed by atoms with van der Waals surface area (Å²) in [7, 11) is 0. The second-order valence-corrected chi connectivity index (χ2v) is 4.37. The van der Waals surface area contributed by atoms with Crippen LogP contribution in [0, 0.1) is 0 Å². The predicted molar refractivity (Wildman–Crippen MR) is 73.7 cm³/mol. The molecule has 1 N–H and O–H groups in total. The van der Waals surface area contributed by atoms with E-state index in [1.165, 1.54) is 10.6 Å². The van der Waals surface area contributed by atoms with E-state index in [0.717, 1.165) is 5.56 Å². The summed E-state index contributed by atoms with van der Waals surface area (Å²) in [6.45, 7) is 1.96. The minimum absolute atomic E-state index is 0.0385. The first kappa shape index (κ1) is 13.1. The fraction of sp³-hybridized carbons (Fsp3) is 0.200. The third-order valence-electron chi connectivity index (χ3n) is 2.89. The Hall–Kier alpha value is -2.36. The van der Waals surface area contributed by atoms with Crippen molar-refractivity contribution in [1.82, 2.24) is 9.88 Å². The SMILES string of the molecule is C[C@H](NC(=O)Cn1ccccc1=O)c1ccccc1. The molecule has 0 spiro atoms. The minimum atomic E-state index is -0.176. The summed E-state index contributed by atoms with van der Waals surface area (Å²) in [4.78, 5) is 23.4. The van der Waals surface area contributed by atoms with Gasteiger partial charge < -0.3 is 9.88 Å². The van der Waals surface area contributed by atoms with E-state index in [0.29, 0.717) is 0 Å². The van der Waals surface area contributed by atoms with Crippen LogP contribution in [0.4, 0.5) is 0 Å². The van der Waals surface area contributed by atoms with Gasteiger partial charge >= 0.3 is 0 Å². The topological polar surface area (TPSA) is 51.1 Å². The van der Waals surface area contributed by atoms with Crippen molar-refractivity contribution in [2.45, 2.75) is 19.5 Å². The molecule has 1 amide bonds. The number of benzene rings is 1. The third-order valence-corrected chi connectivity index (χ3v) is 2.89. The van der Waals surface area contributed by atoms with Crippen LogP contribution in [0.15, 0.2) is 59.5 Å². The number of pyridine rings is 1. The Bertz CT molecular complexity index is 605. The molecule has 4 heteroatoms. The van der Waals surface area contributed by atoms with Gasteiger partial charge in [0.25, 0.3) is 5.56 Å². The van der Waals surface area contributed by atoms with Crippen molar-refractivity contribution in [3.8, 4) is 0 Å². The van der Waals surface area contributed by atoms with Crippen molar-refractivity contribution in [2.75, 3.05) is 0 Å². The second-order valence-electron chi connectivity index (χ2n) is 4.37. The first-order valence-corrected chi connectivity index (χ1v) is 6.16. The molecule has 19 heavy (non-hydrogen) atoms. The van der Waals surface area contributed by atoms with E-state index in [9.17, 15) is 9.59 Å². The smallest absolute Gasteiger partial charge is 0.250 e. The van der Waals surface area contributed by atoms with Crippen LogP contribution in [-0.2, 0) is 11.3 Å². The van der Waals surface area contributed by atoms with E-state index in [1.54, 1.807) is 18.3 Å². The number of nitrogens with one attached hydrogen (secondary N) is 1. The third kappa shape index (κ3) is 3.55. The molecule has 0 aliphatic carbocycles. The number of carbonyl (C=O) groups excluding carboxylic acids is 1. The first-order chi connectivity index (χ1) is 9.16. The molecule has 0 bridgehead atoms. The van der Waals surface area contributed by atoms with Crippen molar-refractivity contribution in [3.05, 3.63) is 70.6 Å². The molecule has 1 aromatic heterocycles. The molecule has 0 saturated heterocycles. The molecule has 1 aromatic carbocycles. The van der Waals surface area contributed by atoms with Crippen molar-refractivity contribution in [3.63, 3.8) is 0 Å². The molecule has 1 heterocycles. The van der Waals surface area contributed by atoms with E-state index in [2.05, 4.69) is 5.32 Å². The van der Waals surface area contributed by atoms with Gasteiger partial charge in [0.1, 0.15) is 6.54 Å². The Balaban J connectivity index is 1.99. The highest BCUT2D eigenvalue weighted by molar-refractivity contribution is 5.76. The van der Waals surface area contributed by atoms with Crippen LogP contribution >= 0.6 is 0 Å². The maximum atomic E-state index is 11.9. The van der Waals surface area contributed by atoms with Crippen LogP contribution in [0.1, 0.15) is 18.5 Å². The zero-order valence-corrected chi connectivity index (χ0v) is 10.7. The fourth-order valence-electron chi connectivity index (χ4n) is 1.86. The van der Waals surface area contributed by atoms with Gasteiger partial charge in [0.05, 0.1) is 6.04 Å². The number of hydrogen-bond acceptors (Lipinski definition) is 2. The van der Waals surface area contributed by atoms with Gasteiger partial charge in [-0.25, -0.2) is 0 Å². The number of amides is 1. The lowest BCUT2D eigenvalue weighted by Gasteiger charge is -2.14. The highest BCUT2D eigenvalue weighted by Gasteiger charge is 2.09. The standard InChI is InChI=1S/C15H16N2O2/c1-12(13-7-3-2-4-8-13)16-14(18)11-17-10-6-5-9-15(17)19/h2-10,12H,11H2,1H3,(H,16,18)/t12-/m0/s1. The van der Waals surface area contributed by atoms with E-state index in [4.69, 9.17) is 0 Å². The average Bonchev–Trinajstić information content (AvgIpc) is 2.42. The molecule has 0 unspecified atom stereocenters. The molecule has 0 saturated carbocycles. The largest absolute Gasteiger partial charge is 0.348 e. The monoisotopic (exact) mass is 256 g/mol. The summed E-state index contributed by atoms with van der Waals surface area (Å²) < 4.78 is 1.38. The van der Waals surface area contributed by atoms with Gasteiger partial charge in [-0.05, 0) is 18.6 Å². The lowest BCUT2D eigenvalue weighted by molar-refractivity contribution is -0.122. The van der Waals surface area contributed by atoms with Crippen LogP contribution in [-0.4, -0.2) is 10.5 Å². The zero-order valence-electron chi connectivity index (χ0n) is 10.7. The molecule has 98 valence electrons. The Labute approximate surface area is 111 Å². The Morgan fingerprint density at radius 1 is 1.16 bits per heavy atom. The van der Waals surface area contributed by atoms with E-state index >= 15 is 0 Å². The Kier molecular flexibility index (Phi) is 4.13. The minimum Gasteiger partial charge on any atom is -0.348 e. The quantitative estimate of drug-likeness (QED) is 0.905. The number of carbonyl (C=O) groups is 1. The molecule has 0 fully saturated rings. The van der Waals surface area contributed by atoms with Gasteiger partial charge in [-0.15, -0.1) is 0 Å². The summed E-state index contributed by atoms with van der Waals surface area (Å²) >= 11 is 0. The van der Waals surface area contributed by atoms with Crippen molar-refractivity contribution in [2.24, 2.45) is 0 Å². The van der Waals surface area contributed by atoms with Gasteiger partial charge in [-0.1, -0.05) is 36.4 Å². The van der Waals surface area contributed by atoms with Gasteiger partial charge in [0.15, 0.2) is 0 Å². The average molecular weight is 256 g/mol. The molecule has 4 nitrogen and oxygen atoms in total. The zero-order chi connectivity index (χ0) is 13.7. The lowest BCUT2D eigenvalue weighted by atomic mass is 10.1. The van der Waals surface area contributed by atoms with Gasteiger partial charge in [0, 0.05) is 12.3 Å². The molecular formula is C15H16N2O2. The highest BCUT2D eigenvalue weighted by atomic mass is 16.2. The molecule has 0 radical (unpaired) electrons. The fourth-order valence-corrected chi connectivity index (χ4v) is 1.86. The highest BCUT2D eigenvalue weighted by Crippen LogP contribution is 2.10. The Morgan fingerprint density at radius 2 is 1.84 bits per heavy atom. The maximum absolute atomic E-state index is 11.9. The van der Waals surface area contributed by atoms with E-state index in [-0.39, 0.29) is 24.1 Å². The van der Waals surface area contributed by atoms with Crippen molar-refractivity contribution < 1.29 is 4.79 Å². The number of aromatic nitrogens is 1. The molecule has 2 rings (SSSR count). The second kappa shape index (κ2) is 6.00. The predicted octanol–water partition coefficient (Wildman–Crippen LogP) is 1.73. The summed E-state index contributed by atoms with van der Waals surface area (Å²) in [6.07, 6.45) is 1.61. The first-order valence-electron chi connectivity index (χ1n) is 6.16. The van der Waals surface area contributed by atoms with Crippen LogP contribution in [0.5, 0.6) is 0 Å². The van der Waals surface area contributed by atoms with Crippen LogP contribution in [0.2, 0.25) is 0 Å². The summed E-state index contributed by atoms with van der Waals surface area (Å²) in [6, 6.07) is 14.5. The summed E-state index contributed by atoms with van der Waals surface area (Å²) in [5, 5.41) is 2.87. The van der Waals surface area contributed by atoms with Crippen LogP contribution < -0.4 is 10.9 Å². The molecule has 1 atom stereocenters. The molecule has 0 aliphatic rings. The number of rotatable bonds is 4. The van der Waals surface area contributed by atoms with Crippen LogP contribution in [0.3, 0.4) is 0 Å². The Morgan fingerprint density at radius 3 is 2.53 bits per heavy atom. The van der Waals surface area contributed by atoms with Gasteiger partial charge in [-0.3, -0.25) is 9.59 Å². The summed E-state index contributed by atoms with van der Waals surface area (Å²) in [5.74, 6) is -0.176.